The van der Waals surface area contributed by atoms with Crippen LogP contribution >= 0.6 is 0 Å². The van der Waals surface area contributed by atoms with Gasteiger partial charge in [-0.2, -0.15) is 5.26 Å². The summed E-state index contributed by atoms with van der Waals surface area (Å²) in [6.45, 7) is 3.95. The van der Waals surface area contributed by atoms with Gasteiger partial charge in [0.1, 0.15) is 6.79 Å². The van der Waals surface area contributed by atoms with Crippen molar-refractivity contribution in [1.29, 1.82) is 5.26 Å². The molecule has 0 aromatic heterocycles. The van der Waals surface area contributed by atoms with Crippen molar-refractivity contribution in [3.8, 4) is 6.07 Å². The summed E-state index contributed by atoms with van der Waals surface area (Å²) in [7, 11) is 0. The normalized spacial score (nSPS) is 29.2. The van der Waals surface area contributed by atoms with Gasteiger partial charge >= 0.3 is 0 Å². The summed E-state index contributed by atoms with van der Waals surface area (Å²) >= 11 is 0. The summed E-state index contributed by atoms with van der Waals surface area (Å²) in [4.78, 5) is 0. The van der Waals surface area contributed by atoms with Crippen molar-refractivity contribution in [1.82, 2.24) is 0 Å². The van der Waals surface area contributed by atoms with E-state index >= 15 is 0 Å². The van der Waals surface area contributed by atoms with Crippen LogP contribution in [0.15, 0.2) is 12.7 Å². The fraction of sp³-hybridized carbons (Fsp3) is 0.667. The summed E-state index contributed by atoms with van der Waals surface area (Å²) in [6.07, 6.45) is 4.17. The molecule has 1 heterocycles. The van der Waals surface area contributed by atoms with Crippen LogP contribution in [-0.2, 0) is 9.47 Å². The maximum absolute atomic E-state index is 8.44. The Morgan fingerprint density at radius 2 is 2.25 bits per heavy atom. The molecule has 3 heteroatoms. The van der Waals surface area contributed by atoms with Crippen molar-refractivity contribution in [3.63, 3.8) is 0 Å². The Kier molecular flexibility index (Phi) is 3.78. The Morgan fingerprint density at radius 1 is 1.50 bits per heavy atom. The van der Waals surface area contributed by atoms with Crippen molar-refractivity contribution in [3.05, 3.63) is 12.7 Å². The zero-order valence-electron chi connectivity index (χ0n) is 7.03. The molecule has 0 aromatic rings. The van der Waals surface area contributed by atoms with E-state index in [1.165, 1.54) is 0 Å². The molecule has 1 aliphatic heterocycles. The average Bonchev–Trinajstić information content (AvgIpc) is 2.06. The van der Waals surface area contributed by atoms with Gasteiger partial charge in [0.25, 0.3) is 0 Å². The predicted molar refractivity (Wildman–Crippen MR) is 44.3 cm³/mol. The third-order valence-electron chi connectivity index (χ3n) is 1.88. The molecule has 0 bridgehead atoms. The standard InChI is InChI=1S/C9H13NO2/c1-2-3-8-6-9(4-5-10)12-7-11-8/h2,8-9H,1,3-4,6-7H2/t8-,9+/m0/s1. The molecule has 0 aliphatic carbocycles. The van der Waals surface area contributed by atoms with Crippen molar-refractivity contribution in [2.45, 2.75) is 31.5 Å². The summed E-state index contributed by atoms with van der Waals surface area (Å²) < 4.78 is 10.5. The van der Waals surface area contributed by atoms with Crippen LogP contribution < -0.4 is 0 Å². The monoisotopic (exact) mass is 167 g/mol. The van der Waals surface area contributed by atoms with Gasteiger partial charge in [0.05, 0.1) is 24.7 Å². The molecule has 0 spiro atoms. The molecule has 3 nitrogen and oxygen atoms in total. The lowest BCUT2D eigenvalue weighted by molar-refractivity contribution is -0.172. The van der Waals surface area contributed by atoms with E-state index in [2.05, 4.69) is 12.6 Å². The van der Waals surface area contributed by atoms with Crippen molar-refractivity contribution >= 4 is 0 Å². The lowest BCUT2D eigenvalue weighted by Gasteiger charge is -2.27. The van der Waals surface area contributed by atoms with Gasteiger partial charge in [-0.15, -0.1) is 6.58 Å². The van der Waals surface area contributed by atoms with Gasteiger partial charge in [0, 0.05) is 6.42 Å². The summed E-state index contributed by atoms with van der Waals surface area (Å²) in [5.41, 5.74) is 0. The molecule has 66 valence electrons. The lowest BCUT2D eigenvalue weighted by atomic mass is 10.1. The van der Waals surface area contributed by atoms with Crippen molar-refractivity contribution < 1.29 is 9.47 Å². The minimum Gasteiger partial charge on any atom is -0.352 e. The van der Waals surface area contributed by atoms with Gasteiger partial charge < -0.3 is 9.47 Å². The molecular weight excluding hydrogens is 154 g/mol. The smallest absolute Gasteiger partial charge is 0.147 e. The van der Waals surface area contributed by atoms with E-state index in [9.17, 15) is 0 Å². The first-order valence-electron chi connectivity index (χ1n) is 4.08. The molecule has 0 unspecified atom stereocenters. The maximum atomic E-state index is 8.44. The zero-order chi connectivity index (χ0) is 8.81. The van der Waals surface area contributed by atoms with Crippen LogP contribution in [-0.4, -0.2) is 19.0 Å². The Hall–Kier alpha value is -0.850. The second-order valence-electron chi connectivity index (χ2n) is 2.82. The molecule has 1 aliphatic rings. The van der Waals surface area contributed by atoms with Gasteiger partial charge in [0.2, 0.25) is 0 Å². The molecule has 0 N–H and O–H groups in total. The molecule has 0 saturated carbocycles. The van der Waals surface area contributed by atoms with Gasteiger partial charge in [-0.1, -0.05) is 6.08 Å². The zero-order valence-corrected chi connectivity index (χ0v) is 7.03. The first kappa shape index (κ1) is 9.24. The van der Waals surface area contributed by atoms with Gasteiger partial charge in [0.15, 0.2) is 0 Å². The number of nitrogens with zero attached hydrogens (tertiary/aromatic N) is 1. The van der Waals surface area contributed by atoms with Gasteiger partial charge in [-0.05, 0) is 6.42 Å². The summed E-state index contributed by atoms with van der Waals surface area (Å²) in [6, 6.07) is 2.09. The molecular formula is C9H13NO2. The highest BCUT2D eigenvalue weighted by atomic mass is 16.7. The topological polar surface area (TPSA) is 42.2 Å². The van der Waals surface area contributed by atoms with Crippen LogP contribution in [0.2, 0.25) is 0 Å². The van der Waals surface area contributed by atoms with Crippen LogP contribution in [0, 0.1) is 11.3 Å². The molecule has 0 radical (unpaired) electrons. The number of ether oxygens (including phenoxy) is 2. The van der Waals surface area contributed by atoms with E-state index in [0.717, 1.165) is 12.8 Å². The highest BCUT2D eigenvalue weighted by Crippen LogP contribution is 2.18. The first-order chi connectivity index (χ1) is 5.86. The molecule has 2 atom stereocenters. The molecule has 0 amide bonds. The Bertz CT molecular complexity index is 185. The van der Waals surface area contributed by atoms with Gasteiger partial charge in [-0.25, -0.2) is 0 Å². The van der Waals surface area contributed by atoms with Crippen molar-refractivity contribution in [2.24, 2.45) is 0 Å². The fourth-order valence-corrected chi connectivity index (χ4v) is 1.26. The lowest BCUT2D eigenvalue weighted by Crippen LogP contribution is -2.30. The van der Waals surface area contributed by atoms with E-state index in [1.54, 1.807) is 0 Å². The molecule has 1 rings (SSSR count). The molecule has 12 heavy (non-hydrogen) atoms. The van der Waals surface area contributed by atoms with Crippen LogP contribution in [0.3, 0.4) is 0 Å². The van der Waals surface area contributed by atoms with Crippen LogP contribution in [0.25, 0.3) is 0 Å². The molecule has 1 fully saturated rings. The van der Waals surface area contributed by atoms with Crippen LogP contribution in [0.5, 0.6) is 0 Å². The van der Waals surface area contributed by atoms with Crippen molar-refractivity contribution in [2.75, 3.05) is 6.79 Å². The van der Waals surface area contributed by atoms with Crippen LogP contribution in [0.4, 0.5) is 0 Å². The minimum atomic E-state index is 0.0497. The second kappa shape index (κ2) is 4.91. The van der Waals surface area contributed by atoms with Crippen LogP contribution in [0.1, 0.15) is 19.3 Å². The predicted octanol–water partition coefficient (Wildman–Crippen LogP) is 1.61. The second-order valence-corrected chi connectivity index (χ2v) is 2.82. The van der Waals surface area contributed by atoms with Gasteiger partial charge in [-0.3, -0.25) is 0 Å². The number of rotatable bonds is 3. The Morgan fingerprint density at radius 3 is 2.92 bits per heavy atom. The Labute approximate surface area is 72.6 Å². The third-order valence-corrected chi connectivity index (χ3v) is 1.88. The Balaban J connectivity index is 2.30. The van der Waals surface area contributed by atoms with E-state index in [4.69, 9.17) is 14.7 Å². The maximum Gasteiger partial charge on any atom is 0.147 e. The third kappa shape index (κ3) is 2.65. The van der Waals surface area contributed by atoms with E-state index < -0.39 is 0 Å². The summed E-state index contributed by atoms with van der Waals surface area (Å²) in [5.74, 6) is 0. The molecule has 1 saturated heterocycles. The number of hydrogen-bond acceptors (Lipinski definition) is 3. The highest BCUT2D eigenvalue weighted by molar-refractivity contribution is 4.83. The highest BCUT2D eigenvalue weighted by Gasteiger charge is 2.21. The van der Waals surface area contributed by atoms with E-state index in [1.807, 2.05) is 6.08 Å². The number of hydrogen-bond donors (Lipinski definition) is 0. The van der Waals surface area contributed by atoms with E-state index in [-0.39, 0.29) is 12.2 Å². The van der Waals surface area contributed by atoms with E-state index in [0.29, 0.717) is 13.2 Å². The minimum absolute atomic E-state index is 0.0497. The largest absolute Gasteiger partial charge is 0.352 e. The first-order valence-corrected chi connectivity index (χ1v) is 4.08. The average molecular weight is 167 g/mol. The molecule has 0 aromatic carbocycles. The SMILES string of the molecule is C=CC[C@H]1C[C@@H](CC#N)OCO1. The quantitative estimate of drug-likeness (QED) is 0.599. The summed E-state index contributed by atoms with van der Waals surface area (Å²) in [5, 5.41) is 8.44. The fourth-order valence-electron chi connectivity index (χ4n) is 1.26. The number of nitriles is 1.